The number of nitrogen functional groups attached to an aromatic ring is 1. The smallest absolute Gasteiger partial charge is 0.250 e. The number of pyridine rings is 1. The van der Waals surface area contributed by atoms with E-state index in [-0.39, 0.29) is 11.3 Å². The third kappa shape index (κ3) is 2.46. The van der Waals surface area contributed by atoms with E-state index >= 15 is 0 Å². The Morgan fingerprint density at radius 3 is 2.91 bits per heavy atom. The Morgan fingerprint density at radius 2 is 2.23 bits per heavy atom. The molecule has 7 heteroatoms. The number of aryl methyl sites for hydroxylation is 1. The first-order valence-corrected chi connectivity index (χ1v) is 7.47. The van der Waals surface area contributed by atoms with Crippen molar-refractivity contribution < 1.29 is 9.21 Å². The minimum Gasteiger partial charge on any atom is -0.463 e. The fraction of sp³-hybridized carbons (Fsp3) is 0.133. The Balaban J connectivity index is 2.08. The predicted octanol–water partition coefficient (Wildman–Crippen LogP) is 2.40. The SMILES string of the molecule is CCn1cc(C(=O)c2sc(N)nc2-c2ccco2)ccc1=O. The van der Waals surface area contributed by atoms with Crippen LogP contribution in [0.1, 0.15) is 22.2 Å². The molecule has 0 aliphatic heterocycles. The lowest BCUT2D eigenvalue weighted by atomic mass is 10.1. The van der Waals surface area contributed by atoms with Crippen molar-refractivity contribution in [1.82, 2.24) is 9.55 Å². The summed E-state index contributed by atoms with van der Waals surface area (Å²) in [7, 11) is 0. The number of thiazole rings is 1. The largest absolute Gasteiger partial charge is 0.463 e. The number of hydrogen-bond donors (Lipinski definition) is 1. The van der Waals surface area contributed by atoms with Crippen LogP contribution in [-0.2, 0) is 6.54 Å². The number of ketones is 1. The minimum absolute atomic E-state index is 0.144. The molecule has 3 aromatic rings. The molecular formula is C15H13N3O3S. The molecule has 112 valence electrons. The van der Waals surface area contributed by atoms with Crippen LogP contribution in [0.15, 0.2) is 45.9 Å². The van der Waals surface area contributed by atoms with Gasteiger partial charge >= 0.3 is 0 Å². The van der Waals surface area contributed by atoms with E-state index in [0.717, 1.165) is 11.3 Å². The van der Waals surface area contributed by atoms with Gasteiger partial charge in [-0.2, -0.15) is 0 Å². The van der Waals surface area contributed by atoms with E-state index in [1.54, 1.807) is 18.3 Å². The van der Waals surface area contributed by atoms with Crippen LogP contribution in [0.3, 0.4) is 0 Å². The van der Waals surface area contributed by atoms with Crippen molar-refractivity contribution >= 4 is 22.3 Å². The summed E-state index contributed by atoms with van der Waals surface area (Å²) in [6.07, 6.45) is 3.06. The number of nitrogens with zero attached hydrogens (tertiary/aromatic N) is 2. The molecule has 0 amide bonds. The van der Waals surface area contributed by atoms with Crippen LogP contribution in [-0.4, -0.2) is 15.3 Å². The Hall–Kier alpha value is -2.67. The first kappa shape index (κ1) is 14.3. The van der Waals surface area contributed by atoms with Crippen molar-refractivity contribution in [3.05, 3.63) is 57.5 Å². The normalized spacial score (nSPS) is 10.8. The van der Waals surface area contributed by atoms with E-state index < -0.39 is 0 Å². The van der Waals surface area contributed by atoms with Crippen LogP contribution in [0.2, 0.25) is 0 Å². The number of carbonyl (C=O) groups is 1. The highest BCUT2D eigenvalue weighted by atomic mass is 32.1. The number of carbonyl (C=O) groups excluding carboxylic acids is 1. The van der Waals surface area contributed by atoms with Gasteiger partial charge in [-0.3, -0.25) is 9.59 Å². The van der Waals surface area contributed by atoms with Gasteiger partial charge in [0.2, 0.25) is 5.78 Å². The van der Waals surface area contributed by atoms with Crippen molar-refractivity contribution in [1.29, 1.82) is 0 Å². The Kier molecular flexibility index (Phi) is 3.64. The zero-order valence-electron chi connectivity index (χ0n) is 11.8. The number of anilines is 1. The van der Waals surface area contributed by atoms with E-state index in [1.165, 1.54) is 23.0 Å². The lowest BCUT2D eigenvalue weighted by Gasteiger charge is -2.04. The van der Waals surface area contributed by atoms with Crippen LogP contribution in [0, 0.1) is 0 Å². The Labute approximate surface area is 129 Å². The molecule has 0 fully saturated rings. The molecule has 3 aromatic heterocycles. The summed E-state index contributed by atoms with van der Waals surface area (Å²) < 4.78 is 6.78. The lowest BCUT2D eigenvalue weighted by molar-refractivity contribution is 0.104. The zero-order valence-corrected chi connectivity index (χ0v) is 12.6. The molecule has 0 unspecified atom stereocenters. The molecular weight excluding hydrogens is 302 g/mol. The van der Waals surface area contributed by atoms with Crippen molar-refractivity contribution in [2.24, 2.45) is 0 Å². The molecule has 0 aromatic carbocycles. The first-order chi connectivity index (χ1) is 10.6. The van der Waals surface area contributed by atoms with Crippen molar-refractivity contribution in [2.45, 2.75) is 13.5 Å². The van der Waals surface area contributed by atoms with Gasteiger partial charge in [-0.15, -0.1) is 0 Å². The zero-order chi connectivity index (χ0) is 15.7. The second-order valence-corrected chi connectivity index (χ2v) is 5.61. The highest BCUT2D eigenvalue weighted by Gasteiger charge is 2.22. The highest BCUT2D eigenvalue weighted by molar-refractivity contribution is 7.18. The number of furan rings is 1. The Morgan fingerprint density at radius 1 is 1.41 bits per heavy atom. The Bertz CT molecular complexity index is 878. The maximum Gasteiger partial charge on any atom is 0.250 e. The third-order valence-electron chi connectivity index (χ3n) is 3.19. The van der Waals surface area contributed by atoms with Gasteiger partial charge in [-0.25, -0.2) is 4.98 Å². The second-order valence-electron chi connectivity index (χ2n) is 4.58. The highest BCUT2D eigenvalue weighted by Crippen LogP contribution is 2.31. The summed E-state index contributed by atoms with van der Waals surface area (Å²) >= 11 is 1.10. The average Bonchev–Trinajstić information content (AvgIpc) is 3.16. The monoisotopic (exact) mass is 315 g/mol. The fourth-order valence-electron chi connectivity index (χ4n) is 2.11. The topological polar surface area (TPSA) is 91.1 Å². The van der Waals surface area contributed by atoms with Gasteiger partial charge in [0.25, 0.3) is 5.56 Å². The number of aromatic nitrogens is 2. The molecule has 2 N–H and O–H groups in total. The number of nitrogens with two attached hydrogens (primary N) is 1. The molecule has 0 aliphatic rings. The summed E-state index contributed by atoms with van der Waals surface area (Å²) in [6.45, 7) is 2.34. The molecule has 0 saturated heterocycles. The van der Waals surface area contributed by atoms with E-state index in [2.05, 4.69) is 4.98 Å². The molecule has 0 radical (unpaired) electrons. The van der Waals surface area contributed by atoms with Gasteiger partial charge in [-0.1, -0.05) is 11.3 Å². The maximum absolute atomic E-state index is 12.7. The molecule has 6 nitrogen and oxygen atoms in total. The van der Waals surface area contributed by atoms with Gasteiger partial charge in [0.05, 0.1) is 6.26 Å². The fourth-order valence-corrected chi connectivity index (χ4v) is 2.91. The van der Waals surface area contributed by atoms with Gasteiger partial charge in [-0.05, 0) is 25.1 Å². The van der Waals surface area contributed by atoms with Crippen molar-refractivity contribution in [3.63, 3.8) is 0 Å². The van der Waals surface area contributed by atoms with E-state index in [9.17, 15) is 9.59 Å². The van der Waals surface area contributed by atoms with Gasteiger partial charge in [0.1, 0.15) is 10.6 Å². The van der Waals surface area contributed by atoms with Crippen LogP contribution in [0.25, 0.3) is 11.5 Å². The van der Waals surface area contributed by atoms with Crippen molar-refractivity contribution in [3.8, 4) is 11.5 Å². The van der Waals surface area contributed by atoms with Gasteiger partial charge in [0.15, 0.2) is 10.9 Å². The number of rotatable bonds is 4. The van der Waals surface area contributed by atoms with E-state index in [4.69, 9.17) is 10.2 Å². The molecule has 0 saturated carbocycles. The van der Waals surface area contributed by atoms with Crippen LogP contribution < -0.4 is 11.3 Å². The summed E-state index contributed by atoms with van der Waals surface area (Å²) in [6, 6.07) is 6.33. The quantitative estimate of drug-likeness (QED) is 0.746. The molecule has 22 heavy (non-hydrogen) atoms. The molecule has 0 atom stereocenters. The molecule has 3 heterocycles. The first-order valence-electron chi connectivity index (χ1n) is 6.65. The second kappa shape index (κ2) is 5.61. The number of hydrogen-bond acceptors (Lipinski definition) is 6. The van der Waals surface area contributed by atoms with Gasteiger partial charge < -0.3 is 14.7 Å². The summed E-state index contributed by atoms with van der Waals surface area (Å²) in [5, 5.41) is 0.290. The third-order valence-corrected chi connectivity index (χ3v) is 4.07. The maximum atomic E-state index is 12.7. The van der Waals surface area contributed by atoms with E-state index in [0.29, 0.717) is 33.6 Å². The summed E-state index contributed by atoms with van der Waals surface area (Å²) in [4.78, 5) is 28.9. The van der Waals surface area contributed by atoms with Crippen LogP contribution in [0.5, 0.6) is 0 Å². The molecule has 3 rings (SSSR count). The standard InChI is InChI=1S/C15H13N3O3S/c1-2-18-8-9(5-6-11(18)19)13(20)14-12(17-15(16)22-14)10-4-3-7-21-10/h3-8H,2H2,1H3,(H2,16,17). The predicted molar refractivity (Wildman–Crippen MR) is 84.0 cm³/mol. The van der Waals surface area contributed by atoms with Crippen molar-refractivity contribution in [2.75, 3.05) is 5.73 Å². The average molecular weight is 315 g/mol. The van der Waals surface area contributed by atoms with Gasteiger partial charge in [0, 0.05) is 24.4 Å². The molecule has 0 spiro atoms. The van der Waals surface area contributed by atoms with Crippen LogP contribution in [0.4, 0.5) is 5.13 Å². The minimum atomic E-state index is -0.234. The van der Waals surface area contributed by atoms with Crippen LogP contribution >= 0.6 is 11.3 Å². The summed E-state index contributed by atoms with van der Waals surface area (Å²) in [5.74, 6) is 0.253. The van der Waals surface area contributed by atoms with E-state index in [1.807, 2.05) is 6.92 Å². The molecule has 0 bridgehead atoms. The lowest BCUT2D eigenvalue weighted by Crippen LogP contribution is -2.19. The summed E-state index contributed by atoms with van der Waals surface area (Å²) in [5.41, 5.74) is 6.43. The molecule has 0 aliphatic carbocycles.